The molecule has 0 aliphatic carbocycles. The minimum absolute atomic E-state index is 0.0728. The van der Waals surface area contributed by atoms with E-state index < -0.39 is 47.9 Å². The SMILES string of the molecule is CCC(C)C(NC(=O)C(NC(=O)C(N)CC(C)C)C(C)C)C(=O)NC(CC(C)C)C(=O)O. The van der Waals surface area contributed by atoms with Crippen molar-refractivity contribution < 1.29 is 24.3 Å². The molecule has 0 radical (unpaired) electrons. The second-order valence-electron chi connectivity index (χ2n) is 9.87. The topological polar surface area (TPSA) is 151 Å². The predicted octanol–water partition coefficient (Wildman–Crippen LogP) is 1.65. The van der Waals surface area contributed by atoms with Crippen LogP contribution in [-0.4, -0.2) is 53.0 Å². The number of amides is 3. The Kier molecular flexibility index (Phi) is 13.1. The fourth-order valence-corrected chi connectivity index (χ4v) is 3.31. The van der Waals surface area contributed by atoms with Crippen LogP contribution in [0, 0.1) is 23.7 Å². The van der Waals surface area contributed by atoms with Crippen molar-refractivity contribution >= 4 is 23.7 Å². The Morgan fingerprint density at radius 1 is 0.750 bits per heavy atom. The van der Waals surface area contributed by atoms with Crippen LogP contribution in [0.5, 0.6) is 0 Å². The minimum Gasteiger partial charge on any atom is -0.480 e. The van der Waals surface area contributed by atoms with E-state index in [0.717, 1.165) is 0 Å². The summed E-state index contributed by atoms with van der Waals surface area (Å²) in [5.74, 6) is -2.75. The third kappa shape index (κ3) is 10.4. The number of hydrogen-bond acceptors (Lipinski definition) is 5. The van der Waals surface area contributed by atoms with Gasteiger partial charge >= 0.3 is 5.97 Å². The van der Waals surface area contributed by atoms with Crippen LogP contribution in [0.15, 0.2) is 0 Å². The van der Waals surface area contributed by atoms with E-state index in [4.69, 9.17) is 5.73 Å². The zero-order valence-electron chi connectivity index (χ0n) is 20.9. The fourth-order valence-electron chi connectivity index (χ4n) is 3.31. The van der Waals surface area contributed by atoms with Gasteiger partial charge in [-0.05, 0) is 36.5 Å². The van der Waals surface area contributed by atoms with Gasteiger partial charge in [0.2, 0.25) is 17.7 Å². The molecule has 6 N–H and O–H groups in total. The number of carboxylic acid groups (broad SMARTS) is 1. The average Bonchev–Trinajstić information content (AvgIpc) is 2.67. The van der Waals surface area contributed by atoms with E-state index in [1.807, 2.05) is 41.5 Å². The number of carbonyl (C=O) groups is 4. The van der Waals surface area contributed by atoms with Crippen LogP contribution < -0.4 is 21.7 Å². The maximum atomic E-state index is 13.0. The number of nitrogens with one attached hydrogen (secondary N) is 3. The molecule has 186 valence electrons. The van der Waals surface area contributed by atoms with E-state index >= 15 is 0 Å². The Morgan fingerprint density at radius 2 is 1.22 bits per heavy atom. The predicted molar refractivity (Wildman–Crippen MR) is 125 cm³/mol. The van der Waals surface area contributed by atoms with Crippen molar-refractivity contribution in [2.24, 2.45) is 29.4 Å². The maximum Gasteiger partial charge on any atom is 0.326 e. The van der Waals surface area contributed by atoms with Crippen molar-refractivity contribution in [1.29, 1.82) is 0 Å². The summed E-state index contributed by atoms with van der Waals surface area (Å²) in [5, 5.41) is 17.4. The van der Waals surface area contributed by atoms with E-state index in [-0.39, 0.29) is 30.1 Å². The second-order valence-corrected chi connectivity index (χ2v) is 9.87. The first-order valence-corrected chi connectivity index (χ1v) is 11.6. The van der Waals surface area contributed by atoms with Crippen molar-refractivity contribution in [3.63, 3.8) is 0 Å². The van der Waals surface area contributed by atoms with Crippen molar-refractivity contribution in [3.8, 4) is 0 Å². The molecule has 0 aliphatic heterocycles. The average molecular weight is 457 g/mol. The van der Waals surface area contributed by atoms with E-state index in [2.05, 4.69) is 16.0 Å². The largest absolute Gasteiger partial charge is 0.480 e. The Hall–Kier alpha value is -2.16. The molecule has 0 heterocycles. The third-order valence-corrected chi connectivity index (χ3v) is 5.42. The van der Waals surface area contributed by atoms with Crippen LogP contribution in [0.4, 0.5) is 0 Å². The lowest BCUT2D eigenvalue weighted by Crippen LogP contribution is -2.59. The molecule has 0 aromatic carbocycles. The van der Waals surface area contributed by atoms with E-state index in [1.165, 1.54) is 0 Å². The molecule has 9 heteroatoms. The van der Waals surface area contributed by atoms with Crippen LogP contribution in [0.25, 0.3) is 0 Å². The van der Waals surface area contributed by atoms with Gasteiger partial charge in [0, 0.05) is 0 Å². The smallest absolute Gasteiger partial charge is 0.326 e. The molecule has 0 aromatic heterocycles. The summed E-state index contributed by atoms with van der Waals surface area (Å²) < 4.78 is 0. The number of carbonyl (C=O) groups excluding carboxylic acids is 3. The molecule has 0 aliphatic rings. The molecule has 0 bridgehead atoms. The molecule has 5 unspecified atom stereocenters. The third-order valence-electron chi connectivity index (χ3n) is 5.42. The van der Waals surface area contributed by atoms with Gasteiger partial charge in [-0.25, -0.2) is 4.79 Å². The quantitative estimate of drug-likeness (QED) is 0.268. The molecule has 0 saturated carbocycles. The van der Waals surface area contributed by atoms with Gasteiger partial charge in [-0.2, -0.15) is 0 Å². The summed E-state index contributed by atoms with van der Waals surface area (Å²) in [4.78, 5) is 50.0. The van der Waals surface area contributed by atoms with Crippen LogP contribution in [-0.2, 0) is 19.2 Å². The highest BCUT2D eigenvalue weighted by Gasteiger charge is 2.33. The van der Waals surface area contributed by atoms with Gasteiger partial charge in [0.05, 0.1) is 6.04 Å². The highest BCUT2D eigenvalue weighted by molar-refractivity contribution is 5.94. The molecular formula is C23H44N4O5. The highest BCUT2D eigenvalue weighted by atomic mass is 16.4. The lowest BCUT2D eigenvalue weighted by molar-refractivity contribution is -0.143. The molecule has 32 heavy (non-hydrogen) atoms. The van der Waals surface area contributed by atoms with Crippen LogP contribution in [0.3, 0.4) is 0 Å². The van der Waals surface area contributed by atoms with Crippen molar-refractivity contribution in [1.82, 2.24) is 16.0 Å². The molecule has 3 amide bonds. The van der Waals surface area contributed by atoms with Gasteiger partial charge < -0.3 is 26.8 Å². The Labute approximate surface area is 192 Å². The Bertz CT molecular complexity index is 636. The van der Waals surface area contributed by atoms with Crippen molar-refractivity contribution in [3.05, 3.63) is 0 Å². The van der Waals surface area contributed by atoms with E-state index in [9.17, 15) is 24.3 Å². The van der Waals surface area contributed by atoms with Crippen LogP contribution in [0.2, 0.25) is 0 Å². The van der Waals surface area contributed by atoms with Crippen molar-refractivity contribution in [2.45, 2.75) is 98.8 Å². The first-order chi connectivity index (χ1) is 14.7. The molecular weight excluding hydrogens is 412 g/mol. The van der Waals surface area contributed by atoms with Gasteiger partial charge in [-0.1, -0.05) is 61.8 Å². The summed E-state index contributed by atoms with van der Waals surface area (Å²) in [6.45, 7) is 14.9. The lowest BCUT2D eigenvalue weighted by Gasteiger charge is -2.29. The molecule has 0 fully saturated rings. The number of rotatable bonds is 14. The van der Waals surface area contributed by atoms with Gasteiger partial charge in [0.1, 0.15) is 18.1 Å². The van der Waals surface area contributed by atoms with E-state index in [0.29, 0.717) is 12.8 Å². The summed E-state index contributed by atoms with van der Waals surface area (Å²) in [6.07, 6.45) is 1.36. The first-order valence-electron chi connectivity index (χ1n) is 11.6. The molecule has 5 atom stereocenters. The van der Waals surface area contributed by atoms with Gasteiger partial charge in [0.15, 0.2) is 0 Å². The fraction of sp³-hybridized carbons (Fsp3) is 0.826. The van der Waals surface area contributed by atoms with Crippen LogP contribution >= 0.6 is 0 Å². The normalized spacial score (nSPS) is 16.2. The summed E-state index contributed by atoms with van der Waals surface area (Å²) in [5.41, 5.74) is 5.95. The molecule has 0 rings (SSSR count). The van der Waals surface area contributed by atoms with Crippen LogP contribution in [0.1, 0.15) is 74.7 Å². The summed E-state index contributed by atoms with van der Waals surface area (Å²) in [6, 6.07) is -3.57. The standard InChI is InChI=1S/C23H44N4O5/c1-9-15(8)19(22(30)25-17(23(31)32)11-13(4)5)27-21(29)18(14(6)7)26-20(28)16(24)10-12(2)3/h12-19H,9-11,24H2,1-8H3,(H,25,30)(H,26,28)(H,27,29)(H,31,32). The van der Waals surface area contributed by atoms with Gasteiger partial charge in [-0.3, -0.25) is 14.4 Å². The number of hydrogen-bond donors (Lipinski definition) is 5. The van der Waals surface area contributed by atoms with Gasteiger partial charge in [0.25, 0.3) is 0 Å². The van der Waals surface area contributed by atoms with Crippen molar-refractivity contribution in [2.75, 3.05) is 0 Å². The summed E-state index contributed by atoms with van der Waals surface area (Å²) in [7, 11) is 0. The molecule has 0 saturated heterocycles. The number of carboxylic acids is 1. The minimum atomic E-state index is -1.12. The number of nitrogens with two attached hydrogens (primary N) is 1. The lowest BCUT2D eigenvalue weighted by atomic mass is 9.95. The molecule has 0 aromatic rings. The number of aliphatic carboxylic acids is 1. The first kappa shape index (κ1) is 29.8. The molecule has 9 nitrogen and oxygen atoms in total. The Morgan fingerprint density at radius 3 is 1.62 bits per heavy atom. The summed E-state index contributed by atoms with van der Waals surface area (Å²) >= 11 is 0. The monoisotopic (exact) mass is 456 g/mol. The van der Waals surface area contributed by atoms with E-state index in [1.54, 1.807) is 13.8 Å². The Balaban J connectivity index is 5.48. The second kappa shape index (κ2) is 14.1. The highest BCUT2D eigenvalue weighted by Crippen LogP contribution is 2.13. The zero-order chi connectivity index (χ0) is 25.2. The maximum absolute atomic E-state index is 13.0. The molecule has 0 spiro atoms. The van der Waals surface area contributed by atoms with Gasteiger partial charge in [-0.15, -0.1) is 0 Å². The zero-order valence-corrected chi connectivity index (χ0v) is 20.9.